The molecule has 0 spiro atoms. The molecule has 0 aliphatic rings. The minimum atomic E-state index is -1.41. The summed E-state index contributed by atoms with van der Waals surface area (Å²) < 4.78 is 0.601. The van der Waals surface area contributed by atoms with Crippen molar-refractivity contribution in [3.63, 3.8) is 0 Å². The predicted molar refractivity (Wildman–Crippen MR) is 64.1 cm³/mol. The van der Waals surface area contributed by atoms with Gasteiger partial charge in [0.1, 0.15) is 5.60 Å². The summed E-state index contributed by atoms with van der Waals surface area (Å²) in [7, 11) is 0. The summed E-state index contributed by atoms with van der Waals surface area (Å²) in [6, 6.07) is 5.11. The molecule has 0 aliphatic heterocycles. The number of hydrogen-bond donors (Lipinski definition) is 2. The summed E-state index contributed by atoms with van der Waals surface area (Å²) in [6.45, 7) is 2.83. The van der Waals surface area contributed by atoms with Crippen molar-refractivity contribution in [3.05, 3.63) is 27.7 Å². The summed E-state index contributed by atoms with van der Waals surface area (Å²) >= 11 is 9.10. The largest absolute Gasteiger partial charge is 0.381 e. The minimum absolute atomic E-state index is 0.481. The molecule has 5 heteroatoms. The van der Waals surface area contributed by atoms with Gasteiger partial charge >= 0.3 is 0 Å². The van der Waals surface area contributed by atoms with Gasteiger partial charge in [0.25, 0.3) is 5.91 Å². The fourth-order valence-corrected chi connectivity index (χ4v) is 1.41. The number of hydrogen-bond acceptors (Lipinski definition) is 2. The number of anilines is 1. The molecule has 3 nitrogen and oxygen atoms in total. The number of carbonyl (C=O) groups excluding carboxylic acids is 1. The van der Waals surface area contributed by atoms with Crippen molar-refractivity contribution in [2.75, 3.05) is 5.32 Å². The van der Waals surface area contributed by atoms with Crippen LogP contribution in [0.25, 0.3) is 0 Å². The summed E-state index contributed by atoms with van der Waals surface area (Å²) in [5.41, 5.74) is -0.878. The van der Waals surface area contributed by atoms with Crippen molar-refractivity contribution in [1.29, 1.82) is 0 Å². The van der Waals surface area contributed by atoms with Gasteiger partial charge in [0, 0.05) is 0 Å². The highest BCUT2D eigenvalue weighted by molar-refractivity contribution is 9.10. The Hall–Kier alpha value is -0.580. The van der Waals surface area contributed by atoms with E-state index in [2.05, 4.69) is 21.2 Å². The fraction of sp³-hybridized carbons (Fsp3) is 0.300. The van der Waals surface area contributed by atoms with Crippen LogP contribution < -0.4 is 5.32 Å². The third-order valence-electron chi connectivity index (χ3n) is 1.76. The average molecular weight is 293 g/mol. The molecule has 1 rings (SSSR count). The standard InChI is InChI=1S/C10H11BrClNO2/c1-10(2,15)9(14)13-7-5-3-4-6(12)8(7)11/h3-5,15H,1-2H3,(H,13,14). The lowest BCUT2D eigenvalue weighted by atomic mass is 10.1. The van der Waals surface area contributed by atoms with Crippen LogP contribution in [-0.4, -0.2) is 16.6 Å². The van der Waals surface area contributed by atoms with Gasteiger partial charge in [-0.15, -0.1) is 0 Å². The van der Waals surface area contributed by atoms with E-state index in [9.17, 15) is 9.90 Å². The van der Waals surface area contributed by atoms with Crippen molar-refractivity contribution >= 4 is 39.1 Å². The van der Waals surface area contributed by atoms with Gasteiger partial charge in [0.05, 0.1) is 15.2 Å². The summed E-state index contributed by atoms with van der Waals surface area (Å²) in [6.07, 6.45) is 0. The third kappa shape index (κ3) is 3.19. The zero-order valence-electron chi connectivity index (χ0n) is 8.34. The first-order valence-corrected chi connectivity index (χ1v) is 5.47. The first-order chi connectivity index (χ1) is 6.82. The Labute approximate surface area is 102 Å². The molecule has 1 amide bonds. The Kier molecular flexibility index (Phi) is 3.76. The Morgan fingerprint density at radius 1 is 1.53 bits per heavy atom. The molecule has 0 saturated heterocycles. The van der Waals surface area contributed by atoms with Gasteiger partial charge in [-0.3, -0.25) is 4.79 Å². The van der Waals surface area contributed by atoms with Gasteiger partial charge in [0.2, 0.25) is 0 Å². The Balaban J connectivity index is 2.91. The molecule has 0 heterocycles. The molecular formula is C10H11BrClNO2. The number of benzene rings is 1. The van der Waals surface area contributed by atoms with Crippen molar-refractivity contribution < 1.29 is 9.90 Å². The zero-order valence-corrected chi connectivity index (χ0v) is 10.7. The lowest BCUT2D eigenvalue weighted by Gasteiger charge is -2.17. The molecule has 0 aliphatic carbocycles. The highest BCUT2D eigenvalue weighted by atomic mass is 79.9. The van der Waals surface area contributed by atoms with Crippen LogP contribution in [0, 0.1) is 0 Å². The van der Waals surface area contributed by atoms with E-state index in [0.29, 0.717) is 15.2 Å². The van der Waals surface area contributed by atoms with Crippen LogP contribution in [0.3, 0.4) is 0 Å². The number of halogens is 2. The molecule has 0 radical (unpaired) electrons. The van der Waals surface area contributed by atoms with E-state index in [4.69, 9.17) is 11.6 Å². The molecule has 82 valence electrons. The number of carbonyl (C=O) groups is 1. The summed E-state index contributed by atoms with van der Waals surface area (Å²) in [5, 5.41) is 12.5. The normalized spacial score (nSPS) is 11.3. The maximum absolute atomic E-state index is 11.5. The third-order valence-corrected chi connectivity index (χ3v) is 3.15. The molecule has 0 unspecified atom stereocenters. The molecule has 0 fully saturated rings. The lowest BCUT2D eigenvalue weighted by molar-refractivity contribution is -0.130. The molecule has 0 aromatic heterocycles. The number of rotatable bonds is 2. The number of amides is 1. The van der Waals surface area contributed by atoms with E-state index in [1.54, 1.807) is 18.2 Å². The minimum Gasteiger partial charge on any atom is -0.381 e. The van der Waals surface area contributed by atoms with Gasteiger partial charge in [-0.1, -0.05) is 17.7 Å². The molecule has 2 N–H and O–H groups in total. The van der Waals surface area contributed by atoms with E-state index < -0.39 is 11.5 Å². The number of nitrogens with one attached hydrogen (secondary N) is 1. The molecule has 0 bridgehead atoms. The zero-order chi connectivity index (χ0) is 11.6. The quantitative estimate of drug-likeness (QED) is 0.880. The second-order valence-electron chi connectivity index (χ2n) is 3.61. The van der Waals surface area contributed by atoms with Crippen molar-refractivity contribution in [1.82, 2.24) is 0 Å². The molecule has 1 aromatic rings. The molecular weight excluding hydrogens is 281 g/mol. The maximum atomic E-state index is 11.5. The average Bonchev–Trinajstić information content (AvgIpc) is 2.11. The van der Waals surface area contributed by atoms with Crippen molar-refractivity contribution in [2.24, 2.45) is 0 Å². The SMILES string of the molecule is CC(C)(O)C(=O)Nc1cccc(Cl)c1Br. The van der Waals surface area contributed by atoms with E-state index in [1.807, 2.05) is 0 Å². The summed E-state index contributed by atoms with van der Waals surface area (Å²) in [4.78, 5) is 11.5. The van der Waals surface area contributed by atoms with Crippen LogP contribution in [-0.2, 0) is 4.79 Å². The molecule has 0 saturated carbocycles. The molecule has 15 heavy (non-hydrogen) atoms. The van der Waals surface area contributed by atoms with Gasteiger partial charge < -0.3 is 10.4 Å². The van der Waals surface area contributed by atoms with Crippen LogP contribution in [0.2, 0.25) is 5.02 Å². The van der Waals surface area contributed by atoms with Crippen LogP contribution in [0.5, 0.6) is 0 Å². The first kappa shape index (κ1) is 12.5. The summed E-state index contributed by atoms with van der Waals surface area (Å²) in [5.74, 6) is -0.481. The second-order valence-corrected chi connectivity index (χ2v) is 4.81. The first-order valence-electron chi connectivity index (χ1n) is 4.30. The van der Waals surface area contributed by atoms with E-state index >= 15 is 0 Å². The predicted octanol–water partition coefficient (Wildman–Crippen LogP) is 2.81. The maximum Gasteiger partial charge on any atom is 0.255 e. The van der Waals surface area contributed by atoms with Crippen molar-refractivity contribution in [3.8, 4) is 0 Å². The van der Waals surface area contributed by atoms with E-state index in [1.165, 1.54) is 13.8 Å². The van der Waals surface area contributed by atoms with Crippen LogP contribution in [0.15, 0.2) is 22.7 Å². The second kappa shape index (κ2) is 4.51. The highest BCUT2D eigenvalue weighted by Crippen LogP contribution is 2.30. The lowest BCUT2D eigenvalue weighted by Crippen LogP contribution is -2.36. The van der Waals surface area contributed by atoms with Gasteiger partial charge in [-0.25, -0.2) is 0 Å². The van der Waals surface area contributed by atoms with Crippen molar-refractivity contribution in [2.45, 2.75) is 19.4 Å². The van der Waals surface area contributed by atoms with Crippen LogP contribution in [0.4, 0.5) is 5.69 Å². The van der Waals surface area contributed by atoms with Gasteiger partial charge in [-0.2, -0.15) is 0 Å². The topological polar surface area (TPSA) is 49.3 Å². The Bertz CT molecular complexity index is 387. The monoisotopic (exact) mass is 291 g/mol. The van der Waals surface area contributed by atoms with E-state index in [-0.39, 0.29) is 0 Å². The Morgan fingerprint density at radius 2 is 2.13 bits per heavy atom. The van der Waals surface area contributed by atoms with Crippen LogP contribution in [0.1, 0.15) is 13.8 Å². The fourth-order valence-electron chi connectivity index (χ4n) is 0.876. The molecule has 0 atom stereocenters. The van der Waals surface area contributed by atoms with E-state index in [0.717, 1.165) is 0 Å². The number of aliphatic hydroxyl groups is 1. The Morgan fingerprint density at radius 3 is 2.67 bits per heavy atom. The van der Waals surface area contributed by atoms with Gasteiger partial charge in [0.15, 0.2) is 0 Å². The van der Waals surface area contributed by atoms with Crippen LogP contribution >= 0.6 is 27.5 Å². The highest BCUT2D eigenvalue weighted by Gasteiger charge is 2.24. The molecule has 1 aromatic carbocycles. The smallest absolute Gasteiger partial charge is 0.255 e. The van der Waals surface area contributed by atoms with Gasteiger partial charge in [-0.05, 0) is 41.9 Å².